The van der Waals surface area contributed by atoms with E-state index >= 15 is 0 Å². The van der Waals surface area contributed by atoms with Crippen molar-refractivity contribution in [1.29, 1.82) is 0 Å². The van der Waals surface area contributed by atoms with E-state index in [4.69, 9.17) is 9.84 Å². The van der Waals surface area contributed by atoms with Crippen molar-refractivity contribution in [3.63, 3.8) is 0 Å². The van der Waals surface area contributed by atoms with E-state index in [2.05, 4.69) is 10.3 Å². The molecule has 1 rings (SSSR count). The number of nitrogens with zero attached hydrogens (tertiary/aromatic N) is 2. The number of ether oxygens (including phenoxy) is 1. The number of benzene rings is 1. The van der Waals surface area contributed by atoms with Crippen molar-refractivity contribution in [2.75, 3.05) is 0 Å². The maximum atomic E-state index is 12.5. The monoisotopic (exact) mass is 351 g/mol. The van der Waals surface area contributed by atoms with E-state index in [0.29, 0.717) is 5.56 Å². The summed E-state index contributed by atoms with van der Waals surface area (Å²) < 4.78 is 5.25. The first-order valence-corrected chi connectivity index (χ1v) is 7.35. The van der Waals surface area contributed by atoms with E-state index < -0.39 is 29.7 Å². The van der Waals surface area contributed by atoms with Crippen molar-refractivity contribution in [3.8, 4) is 5.75 Å². The summed E-state index contributed by atoms with van der Waals surface area (Å²) in [5.74, 6) is -1.03. The highest BCUT2D eigenvalue weighted by atomic mass is 16.6. The van der Waals surface area contributed by atoms with Crippen molar-refractivity contribution in [1.82, 2.24) is 10.2 Å². The SMILES string of the molecule is CC(=O)N/C(=N/C(=O)O)N(Cc1ccc(O)cc1)C(=O)OC(C)(C)C. The number of carbonyl (C=O) groups excluding carboxylic acids is 2. The number of phenols is 1. The minimum atomic E-state index is -1.58. The summed E-state index contributed by atoms with van der Waals surface area (Å²) in [5, 5.41) is 20.5. The van der Waals surface area contributed by atoms with Crippen LogP contribution in [-0.2, 0) is 16.1 Å². The van der Waals surface area contributed by atoms with Crippen LogP contribution < -0.4 is 5.32 Å². The van der Waals surface area contributed by atoms with Gasteiger partial charge in [-0.2, -0.15) is 0 Å². The first-order valence-electron chi connectivity index (χ1n) is 7.35. The molecule has 0 bridgehead atoms. The van der Waals surface area contributed by atoms with Crippen LogP contribution in [0.25, 0.3) is 0 Å². The highest BCUT2D eigenvalue weighted by molar-refractivity contribution is 6.05. The van der Waals surface area contributed by atoms with Gasteiger partial charge in [-0.1, -0.05) is 12.1 Å². The highest BCUT2D eigenvalue weighted by Gasteiger charge is 2.27. The lowest BCUT2D eigenvalue weighted by Crippen LogP contribution is -2.48. The van der Waals surface area contributed by atoms with Gasteiger partial charge in [0.15, 0.2) is 0 Å². The Kier molecular flexibility index (Phi) is 6.49. The Bertz CT molecular complexity index is 676. The first-order chi connectivity index (χ1) is 11.5. The van der Waals surface area contributed by atoms with E-state index in [0.717, 1.165) is 11.8 Å². The number of amides is 3. The lowest BCUT2D eigenvalue weighted by molar-refractivity contribution is -0.117. The quantitative estimate of drug-likeness (QED) is 0.554. The second-order valence-electron chi connectivity index (χ2n) is 6.13. The van der Waals surface area contributed by atoms with Crippen LogP contribution in [0, 0.1) is 0 Å². The van der Waals surface area contributed by atoms with Gasteiger partial charge in [0, 0.05) is 6.92 Å². The van der Waals surface area contributed by atoms with Gasteiger partial charge in [0.2, 0.25) is 11.9 Å². The van der Waals surface area contributed by atoms with Crippen LogP contribution in [-0.4, -0.2) is 44.8 Å². The van der Waals surface area contributed by atoms with Crippen molar-refractivity contribution in [2.45, 2.75) is 39.8 Å². The minimum Gasteiger partial charge on any atom is -0.508 e. The van der Waals surface area contributed by atoms with Gasteiger partial charge in [0.05, 0.1) is 6.54 Å². The number of hydrogen-bond donors (Lipinski definition) is 3. The molecule has 3 N–H and O–H groups in total. The molecule has 0 heterocycles. The minimum absolute atomic E-state index is 0.0360. The van der Waals surface area contributed by atoms with Crippen LogP contribution >= 0.6 is 0 Å². The van der Waals surface area contributed by atoms with Gasteiger partial charge in [0.1, 0.15) is 11.4 Å². The van der Waals surface area contributed by atoms with E-state index in [1.54, 1.807) is 32.9 Å². The molecule has 0 saturated carbocycles. The number of guanidine groups is 1. The van der Waals surface area contributed by atoms with E-state index in [-0.39, 0.29) is 12.3 Å². The normalized spacial score (nSPS) is 11.6. The van der Waals surface area contributed by atoms with Gasteiger partial charge in [0.25, 0.3) is 0 Å². The molecule has 3 amide bonds. The lowest BCUT2D eigenvalue weighted by Gasteiger charge is -2.27. The molecule has 0 aliphatic carbocycles. The van der Waals surface area contributed by atoms with Gasteiger partial charge < -0.3 is 14.9 Å². The number of aromatic hydroxyl groups is 1. The number of hydrogen-bond acceptors (Lipinski definition) is 5. The summed E-state index contributed by atoms with van der Waals surface area (Å²) in [5.41, 5.74) is -0.276. The number of phenolic OH excluding ortho intramolecular Hbond substituents is 1. The summed E-state index contributed by atoms with van der Waals surface area (Å²) >= 11 is 0. The zero-order chi connectivity index (χ0) is 19.2. The third-order valence-corrected chi connectivity index (χ3v) is 2.64. The largest absolute Gasteiger partial charge is 0.508 e. The molecule has 0 aromatic heterocycles. The molecule has 9 heteroatoms. The highest BCUT2D eigenvalue weighted by Crippen LogP contribution is 2.15. The first kappa shape index (κ1) is 19.9. The molecular formula is C16H21N3O6. The van der Waals surface area contributed by atoms with Crippen LogP contribution in [0.5, 0.6) is 5.75 Å². The van der Waals surface area contributed by atoms with Crippen LogP contribution in [0.1, 0.15) is 33.3 Å². The van der Waals surface area contributed by atoms with Crippen LogP contribution in [0.4, 0.5) is 9.59 Å². The Morgan fingerprint density at radius 3 is 2.20 bits per heavy atom. The molecule has 0 aliphatic heterocycles. The molecule has 1 aromatic carbocycles. The molecule has 25 heavy (non-hydrogen) atoms. The molecular weight excluding hydrogens is 330 g/mol. The molecule has 9 nitrogen and oxygen atoms in total. The summed E-state index contributed by atoms with van der Waals surface area (Å²) in [6.45, 7) is 5.98. The maximum Gasteiger partial charge on any atom is 0.434 e. The van der Waals surface area contributed by atoms with Gasteiger partial charge in [-0.25, -0.2) is 14.5 Å². The fourth-order valence-corrected chi connectivity index (χ4v) is 1.73. The van der Waals surface area contributed by atoms with Crippen molar-refractivity contribution < 1.29 is 29.3 Å². The van der Waals surface area contributed by atoms with Crippen LogP contribution in [0.3, 0.4) is 0 Å². The van der Waals surface area contributed by atoms with Crippen LogP contribution in [0.2, 0.25) is 0 Å². The Morgan fingerprint density at radius 1 is 1.20 bits per heavy atom. The molecule has 0 aliphatic rings. The van der Waals surface area contributed by atoms with Gasteiger partial charge in [-0.3, -0.25) is 10.1 Å². The summed E-state index contributed by atoms with van der Waals surface area (Å²) in [7, 11) is 0. The van der Waals surface area contributed by atoms with Gasteiger partial charge in [-0.15, -0.1) is 4.99 Å². The Balaban J connectivity index is 3.23. The average Bonchev–Trinajstić information content (AvgIpc) is 2.43. The average molecular weight is 351 g/mol. The fourth-order valence-electron chi connectivity index (χ4n) is 1.73. The standard InChI is InChI=1S/C16H21N3O6/c1-10(20)17-13(18-14(22)23)19(15(24)25-16(2,3)4)9-11-5-7-12(21)8-6-11/h5-8,21H,9H2,1-4H3,(H,22,23)(H,17,18,20). The smallest absolute Gasteiger partial charge is 0.434 e. The molecule has 0 radical (unpaired) electrons. The van der Waals surface area contributed by atoms with Crippen molar-refractivity contribution in [3.05, 3.63) is 29.8 Å². The molecule has 0 spiro atoms. The number of aliphatic imine (C=N–C) groups is 1. The topological polar surface area (TPSA) is 129 Å². The molecule has 0 atom stereocenters. The molecule has 0 saturated heterocycles. The predicted molar refractivity (Wildman–Crippen MR) is 89.2 cm³/mol. The molecule has 0 unspecified atom stereocenters. The predicted octanol–water partition coefficient (Wildman–Crippen LogP) is 2.30. The van der Waals surface area contributed by atoms with Crippen LogP contribution in [0.15, 0.2) is 29.3 Å². The summed E-state index contributed by atoms with van der Waals surface area (Å²) in [6.07, 6.45) is -2.46. The van der Waals surface area contributed by atoms with Crippen molar-refractivity contribution >= 4 is 24.1 Å². The third-order valence-electron chi connectivity index (χ3n) is 2.64. The molecule has 0 fully saturated rings. The maximum absolute atomic E-state index is 12.5. The number of carbonyl (C=O) groups is 3. The third kappa shape index (κ3) is 7.34. The number of rotatable bonds is 2. The van der Waals surface area contributed by atoms with Gasteiger partial charge in [-0.05, 0) is 38.5 Å². The van der Waals surface area contributed by atoms with Crippen molar-refractivity contribution in [2.24, 2.45) is 4.99 Å². The lowest BCUT2D eigenvalue weighted by atomic mass is 10.2. The number of nitrogens with one attached hydrogen (secondary N) is 1. The Hall–Kier alpha value is -3.10. The zero-order valence-electron chi connectivity index (χ0n) is 14.4. The number of carboxylic acid groups (broad SMARTS) is 1. The molecule has 136 valence electrons. The fraction of sp³-hybridized carbons (Fsp3) is 0.375. The Morgan fingerprint density at radius 2 is 1.76 bits per heavy atom. The van der Waals surface area contributed by atoms with E-state index in [9.17, 15) is 19.5 Å². The summed E-state index contributed by atoms with van der Waals surface area (Å²) in [6, 6.07) is 5.90. The van der Waals surface area contributed by atoms with Gasteiger partial charge >= 0.3 is 12.2 Å². The van der Waals surface area contributed by atoms with E-state index in [1.807, 2.05) is 0 Å². The second-order valence-corrected chi connectivity index (χ2v) is 6.13. The van der Waals surface area contributed by atoms with E-state index in [1.165, 1.54) is 12.1 Å². The zero-order valence-corrected chi connectivity index (χ0v) is 14.4. The Labute approximate surface area is 144 Å². The molecule has 1 aromatic rings. The second kappa shape index (κ2) is 8.13. The summed E-state index contributed by atoms with van der Waals surface area (Å²) in [4.78, 5) is 38.9.